The summed E-state index contributed by atoms with van der Waals surface area (Å²) in [4.78, 5) is 47.2. The molecule has 32 heavy (non-hydrogen) atoms. The fourth-order valence-corrected chi connectivity index (χ4v) is 4.78. The Morgan fingerprint density at radius 3 is 2.75 bits per heavy atom. The zero-order chi connectivity index (χ0) is 23.0. The molecule has 1 spiro atoms. The number of nitrogens with zero attached hydrogens (tertiary/aromatic N) is 3. The number of benzene rings is 1. The second-order valence-electron chi connectivity index (χ2n) is 8.74. The predicted molar refractivity (Wildman–Crippen MR) is 119 cm³/mol. The molecule has 1 fully saturated rings. The molecule has 0 bridgehead atoms. The van der Waals surface area contributed by atoms with Crippen molar-refractivity contribution in [3.05, 3.63) is 58.9 Å². The van der Waals surface area contributed by atoms with Crippen LogP contribution in [0.2, 0.25) is 0 Å². The van der Waals surface area contributed by atoms with E-state index in [2.05, 4.69) is 10.3 Å². The van der Waals surface area contributed by atoms with Crippen molar-refractivity contribution in [2.45, 2.75) is 25.3 Å². The van der Waals surface area contributed by atoms with Crippen LogP contribution in [0.25, 0.3) is 0 Å². The Morgan fingerprint density at radius 2 is 2.06 bits per heavy atom. The summed E-state index contributed by atoms with van der Waals surface area (Å²) in [5, 5.41) is 3.15. The average Bonchev–Trinajstić information content (AvgIpc) is 3.08. The van der Waals surface area contributed by atoms with Gasteiger partial charge in [-0.25, -0.2) is 0 Å². The maximum atomic E-state index is 13.3. The van der Waals surface area contributed by atoms with E-state index in [1.807, 2.05) is 12.1 Å². The number of nitrogens with one attached hydrogen (secondary N) is 1. The van der Waals surface area contributed by atoms with E-state index < -0.39 is 11.5 Å². The van der Waals surface area contributed by atoms with Crippen molar-refractivity contribution in [2.24, 2.45) is 5.92 Å². The van der Waals surface area contributed by atoms with Gasteiger partial charge >= 0.3 is 0 Å². The van der Waals surface area contributed by atoms with Gasteiger partial charge in [-0.2, -0.15) is 0 Å². The molecule has 3 heterocycles. The van der Waals surface area contributed by atoms with E-state index in [-0.39, 0.29) is 30.8 Å². The number of aromatic nitrogens is 1. The van der Waals surface area contributed by atoms with E-state index in [1.165, 1.54) is 4.90 Å². The van der Waals surface area contributed by atoms with Gasteiger partial charge < -0.3 is 19.9 Å². The van der Waals surface area contributed by atoms with Crippen LogP contribution < -0.4 is 10.1 Å². The van der Waals surface area contributed by atoms with Crippen molar-refractivity contribution in [2.75, 3.05) is 34.3 Å². The summed E-state index contributed by atoms with van der Waals surface area (Å²) in [7, 11) is 4.96. The molecule has 3 amide bonds. The zero-order valence-corrected chi connectivity index (χ0v) is 18.8. The van der Waals surface area contributed by atoms with Gasteiger partial charge in [0.25, 0.3) is 11.8 Å². The summed E-state index contributed by atoms with van der Waals surface area (Å²) in [6, 6.07) is 8.93. The molecular weight excluding hydrogens is 408 g/mol. The molecule has 168 valence electrons. The second-order valence-corrected chi connectivity index (χ2v) is 8.74. The number of rotatable bonds is 3. The molecule has 2 atom stereocenters. The third-order valence-electron chi connectivity index (χ3n) is 6.57. The van der Waals surface area contributed by atoms with Crippen molar-refractivity contribution in [1.29, 1.82) is 0 Å². The van der Waals surface area contributed by atoms with Crippen molar-refractivity contribution >= 4 is 17.7 Å². The molecule has 1 aromatic carbocycles. The Morgan fingerprint density at radius 1 is 1.28 bits per heavy atom. The van der Waals surface area contributed by atoms with E-state index in [1.54, 1.807) is 57.4 Å². The number of likely N-dealkylation sites (tertiary alicyclic amines) is 1. The molecule has 0 unspecified atom stereocenters. The van der Waals surface area contributed by atoms with Gasteiger partial charge in [0.2, 0.25) is 5.91 Å². The van der Waals surface area contributed by atoms with Crippen molar-refractivity contribution in [3.8, 4) is 5.75 Å². The number of ether oxygens (including phenoxy) is 1. The highest BCUT2D eigenvalue weighted by Gasteiger charge is 2.53. The highest BCUT2D eigenvalue weighted by molar-refractivity contribution is 5.99. The number of amides is 3. The van der Waals surface area contributed by atoms with Gasteiger partial charge in [-0.05, 0) is 49.6 Å². The molecule has 0 saturated carbocycles. The molecule has 1 saturated heterocycles. The number of pyridine rings is 1. The molecule has 2 aliphatic rings. The first-order valence-corrected chi connectivity index (χ1v) is 10.7. The largest absolute Gasteiger partial charge is 0.497 e. The highest BCUT2D eigenvalue weighted by atomic mass is 16.5. The molecule has 0 radical (unpaired) electrons. The molecule has 4 rings (SSSR count). The maximum Gasteiger partial charge on any atom is 0.255 e. The standard InChI is InChI=1S/C24H28N4O4/c1-15-18(6-5-11-25-15)22(30)28-13-20(23(31)27(2)3)24(14-28)10-9-16-7-8-17(32-4)12-19(16)21(29)26-24/h5-8,11-12,20H,9-10,13-14H2,1-4H3,(H,26,29)/t20-,24+/m1/s1. The van der Waals surface area contributed by atoms with Gasteiger partial charge in [-0.15, -0.1) is 0 Å². The van der Waals surface area contributed by atoms with Crippen LogP contribution in [0.3, 0.4) is 0 Å². The number of methoxy groups -OCH3 is 1. The fourth-order valence-electron chi connectivity index (χ4n) is 4.78. The highest BCUT2D eigenvalue weighted by Crippen LogP contribution is 2.37. The van der Waals surface area contributed by atoms with Crippen LogP contribution in [-0.2, 0) is 11.2 Å². The van der Waals surface area contributed by atoms with Crippen LogP contribution in [0.15, 0.2) is 36.5 Å². The summed E-state index contributed by atoms with van der Waals surface area (Å²) in [5.41, 5.74) is 1.75. The first kappa shape index (κ1) is 21.8. The van der Waals surface area contributed by atoms with Gasteiger partial charge in [-0.1, -0.05) is 6.07 Å². The molecule has 2 aliphatic heterocycles. The predicted octanol–water partition coefficient (Wildman–Crippen LogP) is 1.67. The Kier molecular flexibility index (Phi) is 5.62. The monoisotopic (exact) mass is 436 g/mol. The smallest absolute Gasteiger partial charge is 0.255 e. The normalized spacial score (nSPS) is 22.2. The minimum absolute atomic E-state index is 0.105. The lowest BCUT2D eigenvalue weighted by molar-refractivity contribution is -0.134. The Hall–Kier alpha value is -3.42. The van der Waals surface area contributed by atoms with Gasteiger partial charge in [0.05, 0.1) is 24.1 Å². The minimum Gasteiger partial charge on any atom is -0.497 e. The summed E-state index contributed by atoms with van der Waals surface area (Å²) < 4.78 is 5.29. The molecule has 0 aliphatic carbocycles. The molecule has 8 heteroatoms. The summed E-state index contributed by atoms with van der Waals surface area (Å²) in [6.07, 6.45) is 2.81. The number of hydrogen-bond donors (Lipinski definition) is 1. The van der Waals surface area contributed by atoms with E-state index in [4.69, 9.17) is 4.74 Å². The van der Waals surface area contributed by atoms with Crippen LogP contribution in [0.4, 0.5) is 0 Å². The number of carbonyl (C=O) groups is 3. The Labute approximate surface area is 187 Å². The van der Waals surface area contributed by atoms with Crippen LogP contribution in [0, 0.1) is 12.8 Å². The van der Waals surface area contributed by atoms with Gasteiger partial charge in [0.15, 0.2) is 0 Å². The quantitative estimate of drug-likeness (QED) is 0.790. The lowest BCUT2D eigenvalue weighted by atomic mass is 9.81. The van der Waals surface area contributed by atoms with Gasteiger partial charge in [0.1, 0.15) is 5.75 Å². The van der Waals surface area contributed by atoms with Crippen molar-refractivity contribution < 1.29 is 19.1 Å². The summed E-state index contributed by atoms with van der Waals surface area (Å²) in [5.74, 6) is -0.474. The van der Waals surface area contributed by atoms with Crippen LogP contribution >= 0.6 is 0 Å². The molecule has 2 aromatic rings. The zero-order valence-electron chi connectivity index (χ0n) is 18.8. The van der Waals surface area contributed by atoms with Crippen LogP contribution in [-0.4, -0.2) is 72.3 Å². The third kappa shape index (κ3) is 3.70. The molecular formula is C24H28N4O4. The molecule has 8 nitrogen and oxygen atoms in total. The van der Waals surface area contributed by atoms with E-state index in [0.29, 0.717) is 35.4 Å². The lowest BCUT2D eigenvalue weighted by Crippen LogP contribution is -2.57. The summed E-state index contributed by atoms with van der Waals surface area (Å²) in [6.45, 7) is 2.30. The SMILES string of the molecule is COc1ccc2c(c1)C(=O)N[C@@]1(CC2)CN(C(=O)c2cccnc2C)C[C@@H]1C(=O)N(C)C. The molecule has 1 N–H and O–H groups in total. The first-order chi connectivity index (χ1) is 15.3. The lowest BCUT2D eigenvalue weighted by Gasteiger charge is -2.34. The van der Waals surface area contributed by atoms with Crippen LogP contribution in [0.5, 0.6) is 5.75 Å². The van der Waals surface area contributed by atoms with E-state index >= 15 is 0 Å². The van der Waals surface area contributed by atoms with Crippen LogP contribution in [0.1, 0.15) is 38.4 Å². The van der Waals surface area contributed by atoms with Gasteiger partial charge in [-0.3, -0.25) is 19.4 Å². The van der Waals surface area contributed by atoms with Crippen molar-refractivity contribution in [3.63, 3.8) is 0 Å². The van der Waals surface area contributed by atoms with E-state index in [0.717, 1.165) is 5.56 Å². The van der Waals surface area contributed by atoms with E-state index in [9.17, 15) is 14.4 Å². The molecule has 1 aromatic heterocycles. The number of aryl methyl sites for hydroxylation is 2. The number of fused-ring (bicyclic) bond motifs is 1. The first-order valence-electron chi connectivity index (χ1n) is 10.7. The maximum absolute atomic E-state index is 13.3. The van der Waals surface area contributed by atoms with Gasteiger partial charge in [0, 0.05) is 44.6 Å². The van der Waals surface area contributed by atoms with Crippen molar-refractivity contribution in [1.82, 2.24) is 20.1 Å². The third-order valence-corrected chi connectivity index (χ3v) is 6.57. The number of carbonyl (C=O) groups excluding carboxylic acids is 3. The summed E-state index contributed by atoms with van der Waals surface area (Å²) >= 11 is 0. The average molecular weight is 437 g/mol. The topological polar surface area (TPSA) is 91.8 Å². The number of hydrogen-bond acceptors (Lipinski definition) is 5. The Balaban J connectivity index is 1.70. The fraction of sp³-hybridized carbons (Fsp3) is 0.417. The second kappa shape index (κ2) is 8.26. The minimum atomic E-state index is -0.851. The Bertz CT molecular complexity index is 1080.